The fraction of sp³-hybridized carbons (Fsp3) is 0.0714. The number of hydrogen-bond donors (Lipinski definition) is 2. The first kappa shape index (κ1) is 14.3. The summed E-state index contributed by atoms with van der Waals surface area (Å²) in [6.45, 7) is 0. The van der Waals surface area contributed by atoms with Crippen LogP contribution in [0.25, 0.3) is 0 Å². The van der Waals surface area contributed by atoms with Gasteiger partial charge in [-0.05, 0) is 30.3 Å². The molecule has 0 atom stereocenters. The van der Waals surface area contributed by atoms with E-state index in [9.17, 15) is 13.6 Å². The standard InChI is InChI=1S/C14H12F2N2OS/c15-11-5-2-6-12(16)14(11)18-13(19)8-20-10-4-1-3-9(17)7-10/h1-7H,8,17H2,(H,18,19). The molecule has 20 heavy (non-hydrogen) atoms. The van der Waals surface area contributed by atoms with Crippen LogP contribution in [0.15, 0.2) is 47.4 Å². The maximum atomic E-state index is 13.3. The lowest BCUT2D eigenvalue weighted by molar-refractivity contribution is -0.113. The molecule has 104 valence electrons. The van der Waals surface area contributed by atoms with Gasteiger partial charge in [-0.3, -0.25) is 4.79 Å². The highest BCUT2D eigenvalue weighted by molar-refractivity contribution is 8.00. The molecule has 0 bridgehead atoms. The first-order valence-electron chi connectivity index (χ1n) is 5.78. The number of carbonyl (C=O) groups is 1. The summed E-state index contributed by atoms with van der Waals surface area (Å²) in [4.78, 5) is 12.5. The van der Waals surface area contributed by atoms with Crippen LogP contribution >= 0.6 is 11.8 Å². The second-order valence-electron chi connectivity index (χ2n) is 4.01. The first-order valence-corrected chi connectivity index (χ1v) is 6.77. The van der Waals surface area contributed by atoms with Crippen molar-refractivity contribution < 1.29 is 13.6 Å². The molecule has 0 heterocycles. The molecule has 6 heteroatoms. The minimum absolute atomic E-state index is 0.0389. The second-order valence-corrected chi connectivity index (χ2v) is 5.05. The summed E-state index contributed by atoms with van der Waals surface area (Å²) in [6.07, 6.45) is 0. The zero-order valence-electron chi connectivity index (χ0n) is 10.4. The van der Waals surface area contributed by atoms with Gasteiger partial charge in [0, 0.05) is 10.6 Å². The Morgan fingerprint density at radius 3 is 2.45 bits per heavy atom. The van der Waals surface area contributed by atoms with Crippen LogP contribution < -0.4 is 11.1 Å². The number of hydrogen-bond acceptors (Lipinski definition) is 3. The maximum absolute atomic E-state index is 13.3. The highest BCUT2D eigenvalue weighted by atomic mass is 32.2. The molecular formula is C14H12F2N2OS. The normalized spacial score (nSPS) is 10.3. The molecule has 2 aromatic carbocycles. The fourth-order valence-corrected chi connectivity index (χ4v) is 2.31. The van der Waals surface area contributed by atoms with Crippen LogP contribution in [0.5, 0.6) is 0 Å². The van der Waals surface area contributed by atoms with Crippen molar-refractivity contribution in [3.8, 4) is 0 Å². The quantitative estimate of drug-likeness (QED) is 0.672. The minimum Gasteiger partial charge on any atom is -0.399 e. The molecule has 0 saturated heterocycles. The third kappa shape index (κ3) is 3.71. The van der Waals surface area contributed by atoms with Gasteiger partial charge in [0.1, 0.15) is 17.3 Å². The van der Waals surface area contributed by atoms with Crippen LogP contribution in [0.1, 0.15) is 0 Å². The Kier molecular flexibility index (Phi) is 4.57. The lowest BCUT2D eigenvalue weighted by Crippen LogP contribution is -2.16. The Morgan fingerprint density at radius 1 is 1.15 bits per heavy atom. The van der Waals surface area contributed by atoms with Crippen LogP contribution in [-0.2, 0) is 4.79 Å². The van der Waals surface area contributed by atoms with E-state index in [1.807, 2.05) is 0 Å². The van der Waals surface area contributed by atoms with Gasteiger partial charge in [-0.1, -0.05) is 12.1 Å². The molecule has 0 radical (unpaired) electrons. The summed E-state index contributed by atoms with van der Waals surface area (Å²) >= 11 is 1.24. The smallest absolute Gasteiger partial charge is 0.234 e. The van der Waals surface area contributed by atoms with Gasteiger partial charge in [-0.25, -0.2) is 8.78 Å². The largest absolute Gasteiger partial charge is 0.399 e. The molecule has 0 fully saturated rings. The topological polar surface area (TPSA) is 55.1 Å². The van der Waals surface area contributed by atoms with E-state index in [0.29, 0.717) is 5.69 Å². The third-order valence-electron chi connectivity index (χ3n) is 2.46. The molecule has 0 aliphatic carbocycles. The summed E-state index contributed by atoms with van der Waals surface area (Å²) in [7, 11) is 0. The van der Waals surface area contributed by atoms with Gasteiger partial charge in [0.25, 0.3) is 0 Å². The number of para-hydroxylation sites is 1. The molecular weight excluding hydrogens is 282 g/mol. The number of benzene rings is 2. The summed E-state index contributed by atoms with van der Waals surface area (Å²) in [6, 6.07) is 10.4. The number of anilines is 2. The van der Waals surface area contributed by atoms with Gasteiger partial charge in [-0.15, -0.1) is 11.8 Å². The van der Waals surface area contributed by atoms with Crippen molar-refractivity contribution in [2.45, 2.75) is 4.90 Å². The van der Waals surface area contributed by atoms with Crippen LogP contribution in [0.4, 0.5) is 20.2 Å². The Balaban J connectivity index is 1.96. The highest BCUT2D eigenvalue weighted by Gasteiger charge is 2.11. The van der Waals surface area contributed by atoms with Crippen molar-refractivity contribution in [1.29, 1.82) is 0 Å². The van der Waals surface area contributed by atoms with Crippen LogP contribution in [0.2, 0.25) is 0 Å². The molecule has 0 unspecified atom stereocenters. The van der Waals surface area contributed by atoms with E-state index >= 15 is 0 Å². The predicted octanol–water partition coefficient (Wildman–Crippen LogP) is 3.28. The molecule has 3 N–H and O–H groups in total. The van der Waals surface area contributed by atoms with E-state index in [2.05, 4.69) is 5.32 Å². The zero-order valence-corrected chi connectivity index (χ0v) is 11.2. The maximum Gasteiger partial charge on any atom is 0.234 e. The summed E-state index contributed by atoms with van der Waals surface area (Å²) in [5.41, 5.74) is 5.78. The Morgan fingerprint density at radius 2 is 1.80 bits per heavy atom. The van der Waals surface area contributed by atoms with E-state index in [4.69, 9.17) is 5.73 Å². The van der Waals surface area contributed by atoms with Crippen molar-refractivity contribution in [2.24, 2.45) is 0 Å². The van der Waals surface area contributed by atoms with Crippen molar-refractivity contribution in [2.75, 3.05) is 16.8 Å². The molecule has 0 aliphatic rings. The van der Waals surface area contributed by atoms with Crippen molar-refractivity contribution in [3.63, 3.8) is 0 Å². The number of nitrogen functional groups attached to an aromatic ring is 1. The number of nitrogens with one attached hydrogen (secondary N) is 1. The predicted molar refractivity (Wildman–Crippen MR) is 76.6 cm³/mol. The molecule has 2 rings (SSSR count). The number of nitrogens with two attached hydrogens (primary N) is 1. The Labute approximate surface area is 119 Å². The van der Waals surface area contributed by atoms with Gasteiger partial charge < -0.3 is 11.1 Å². The van der Waals surface area contributed by atoms with Gasteiger partial charge in [0.2, 0.25) is 5.91 Å². The SMILES string of the molecule is Nc1cccc(SCC(=O)Nc2c(F)cccc2F)c1. The number of amides is 1. The van der Waals surface area contributed by atoms with Gasteiger partial charge >= 0.3 is 0 Å². The highest BCUT2D eigenvalue weighted by Crippen LogP contribution is 2.22. The van der Waals surface area contributed by atoms with Crippen molar-refractivity contribution >= 4 is 29.0 Å². The average Bonchev–Trinajstić information content (AvgIpc) is 2.41. The molecule has 3 nitrogen and oxygen atoms in total. The first-order chi connectivity index (χ1) is 9.56. The summed E-state index contributed by atoms with van der Waals surface area (Å²) in [5.74, 6) is -2.04. The van der Waals surface area contributed by atoms with Crippen LogP contribution in [0, 0.1) is 11.6 Å². The fourth-order valence-electron chi connectivity index (χ4n) is 1.55. The van der Waals surface area contributed by atoms with Crippen molar-refractivity contribution in [3.05, 3.63) is 54.1 Å². The van der Waals surface area contributed by atoms with E-state index in [-0.39, 0.29) is 5.75 Å². The zero-order chi connectivity index (χ0) is 14.5. The number of thioether (sulfide) groups is 1. The lowest BCUT2D eigenvalue weighted by atomic mass is 10.3. The third-order valence-corrected chi connectivity index (χ3v) is 3.45. The summed E-state index contributed by atoms with van der Waals surface area (Å²) < 4.78 is 26.7. The number of halogens is 2. The molecule has 0 aliphatic heterocycles. The molecule has 0 aromatic heterocycles. The minimum atomic E-state index is -0.799. The van der Waals surface area contributed by atoms with E-state index in [1.54, 1.807) is 24.3 Å². The molecule has 1 amide bonds. The Bertz CT molecular complexity index is 614. The molecule has 2 aromatic rings. The van der Waals surface area contributed by atoms with Gasteiger partial charge in [-0.2, -0.15) is 0 Å². The summed E-state index contributed by atoms with van der Waals surface area (Å²) in [5, 5.41) is 2.22. The van der Waals surface area contributed by atoms with Crippen LogP contribution in [0.3, 0.4) is 0 Å². The second kappa shape index (κ2) is 6.38. The van der Waals surface area contributed by atoms with Gasteiger partial charge in [0.05, 0.1) is 5.75 Å². The molecule has 0 spiro atoms. The van der Waals surface area contributed by atoms with Gasteiger partial charge in [0.15, 0.2) is 0 Å². The molecule has 0 saturated carbocycles. The Hall–Kier alpha value is -2.08. The van der Waals surface area contributed by atoms with E-state index in [1.165, 1.54) is 17.8 Å². The van der Waals surface area contributed by atoms with E-state index in [0.717, 1.165) is 17.0 Å². The number of rotatable bonds is 4. The number of carbonyl (C=O) groups excluding carboxylic acids is 1. The monoisotopic (exact) mass is 294 g/mol. The van der Waals surface area contributed by atoms with Crippen LogP contribution in [-0.4, -0.2) is 11.7 Å². The van der Waals surface area contributed by atoms with Crippen molar-refractivity contribution in [1.82, 2.24) is 0 Å². The lowest BCUT2D eigenvalue weighted by Gasteiger charge is -2.07. The van der Waals surface area contributed by atoms with E-state index < -0.39 is 23.2 Å². The average molecular weight is 294 g/mol.